The van der Waals surface area contributed by atoms with Crippen molar-refractivity contribution in [3.8, 4) is 5.75 Å². The van der Waals surface area contributed by atoms with Crippen LogP contribution in [0.5, 0.6) is 5.75 Å². The van der Waals surface area contributed by atoms with Crippen molar-refractivity contribution in [2.75, 3.05) is 5.32 Å². The van der Waals surface area contributed by atoms with Gasteiger partial charge in [-0.15, -0.1) is 0 Å². The number of fused-ring (bicyclic) bond motifs is 1. The maximum atomic E-state index is 11.1. The summed E-state index contributed by atoms with van der Waals surface area (Å²) in [6.45, 7) is 13.8. The number of anilines is 2. The number of phenols is 1. The molecule has 4 N–H and O–H groups in total. The maximum Gasteiger partial charge on any atom is 0.123 e. The molecule has 2 aliphatic carbocycles. The summed E-state index contributed by atoms with van der Waals surface area (Å²) in [6.07, 6.45) is 9.71. The number of hydrogen-bond acceptors (Lipinski definition) is 5. The van der Waals surface area contributed by atoms with E-state index in [9.17, 15) is 5.11 Å². The number of phenolic OH excluding ortho intramolecular Hbond substituents is 1. The van der Waals surface area contributed by atoms with Gasteiger partial charge < -0.3 is 10.4 Å². The molecule has 3 unspecified atom stereocenters. The number of rotatable bonds is 6. The Labute approximate surface area is 238 Å². The zero-order valence-corrected chi connectivity index (χ0v) is 24.5. The molecule has 0 amide bonds. The largest absolute Gasteiger partial charge is 0.507 e. The summed E-state index contributed by atoms with van der Waals surface area (Å²) in [7, 11) is 0. The lowest BCUT2D eigenvalue weighted by Gasteiger charge is -2.28. The molecule has 3 aromatic carbocycles. The van der Waals surface area contributed by atoms with E-state index in [0.717, 1.165) is 35.5 Å². The zero-order valence-electron chi connectivity index (χ0n) is 24.5. The monoisotopic (exact) mass is 534 g/mol. The summed E-state index contributed by atoms with van der Waals surface area (Å²) >= 11 is 0. The molecular weight excluding hydrogens is 492 g/mol. The van der Waals surface area contributed by atoms with Gasteiger partial charge in [-0.25, -0.2) is 10.4 Å². The van der Waals surface area contributed by atoms with Gasteiger partial charge in [0.15, 0.2) is 0 Å². The van der Waals surface area contributed by atoms with Crippen LogP contribution in [0.15, 0.2) is 85.0 Å². The minimum atomic E-state index is -0.127. The number of allylic oxidation sites excluding steroid dienone is 2. The van der Waals surface area contributed by atoms with Crippen molar-refractivity contribution in [1.82, 2.24) is 16.0 Å². The third kappa shape index (κ3) is 4.98. The van der Waals surface area contributed by atoms with Gasteiger partial charge in [-0.3, -0.25) is 0 Å². The Morgan fingerprint density at radius 1 is 0.800 bits per heavy atom. The standard InChI is InChI=1S/C35H42N4O/c1-33(2,3)29-20-25(21-30(31(29)40)34(4,5)6)19-23-10-14-26(15-11-23)36-27-16-12-24(13-17-27)22-39-32-28-9-7-8-18-35(28,32)37-38-39/h7-18,20-21,28,32,36-38,40H,19,22H2,1-6H3. The molecule has 0 radical (unpaired) electrons. The van der Waals surface area contributed by atoms with Gasteiger partial charge >= 0.3 is 0 Å². The normalized spacial score (nSPS) is 23.6. The molecule has 0 aromatic heterocycles. The van der Waals surface area contributed by atoms with E-state index >= 15 is 0 Å². The van der Waals surface area contributed by atoms with E-state index in [-0.39, 0.29) is 16.4 Å². The molecule has 5 nitrogen and oxygen atoms in total. The Hall–Kier alpha value is -3.38. The maximum absolute atomic E-state index is 11.1. The Bertz CT molecular complexity index is 1420. The zero-order chi connectivity index (χ0) is 28.3. The van der Waals surface area contributed by atoms with E-state index in [1.807, 2.05) is 0 Å². The van der Waals surface area contributed by atoms with E-state index in [1.165, 1.54) is 16.7 Å². The number of hydrazine groups is 2. The van der Waals surface area contributed by atoms with E-state index in [0.29, 0.717) is 17.7 Å². The first-order chi connectivity index (χ1) is 18.9. The Morgan fingerprint density at radius 2 is 1.38 bits per heavy atom. The Balaban J connectivity index is 1.10. The Morgan fingerprint density at radius 3 is 1.93 bits per heavy atom. The highest BCUT2D eigenvalue weighted by atomic mass is 16.3. The summed E-state index contributed by atoms with van der Waals surface area (Å²) in [5.74, 6) is 0.990. The second-order valence-electron chi connectivity index (χ2n) is 13.7. The van der Waals surface area contributed by atoms with Gasteiger partial charge in [0.1, 0.15) is 5.75 Å². The molecule has 5 heteroatoms. The molecule has 1 spiro atoms. The van der Waals surface area contributed by atoms with E-state index < -0.39 is 0 Å². The van der Waals surface area contributed by atoms with Crippen LogP contribution in [0.25, 0.3) is 0 Å². The third-order valence-electron chi connectivity index (χ3n) is 8.57. The highest BCUT2D eigenvalue weighted by molar-refractivity contribution is 5.60. The lowest BCUT2D eigenvalue weighted by atomic mass is 9.78. The highest BCUT2D eigenvalue weighted by Crippen LogP contribution is 2.53. The summed E-state index contributed by atoms with van der Waals surface area (Å²) in [5, 5.41) is 16.9. The number of benzene rings is 3. The van der Waals surface area contributed by atoms with Crippen LogP contribution in [0.4, 0.5) is 11.4 Å². The molecule has 1 heterocycles. The molecule has 3 aliphatic rings. The average molecular weight is 535 g/mol. The fourth-order valence-electron chi connectivity index (χ4n) is 6.25. The molecule has 1 saturated carbocycles. The number of aromatic hydroxyl groups is 1. The van der Waals surface area contributed by atoms with Crippen LogP contribution >= 0.6 is 0 Å². The fraction of sp³-hybridized carbons (Fsp3) is 0.371. The van der Waals surface area contributed by atoms with Crippen LogP contribution < -0.4 is 16.3 Å². The van der Waals surface area contributed by atoms with Gasteiger partial charge in [0.25, 0.3) is 0 Å². The van der Waals surface area contributed by atoms with E-state index in [2.05, 4.69) is 148 Å². The van der Waals surface area contributed by atoms with Crippen LogP contribution in [-0.4, -0.2) is 21.7 Å². The molecule has 208 valence electrons. The summed E-state index contributed by atoms with van der Waals surface area (Å²) in [5.41, 5.74) is 14.6. The molecule has 2 fully saturated rings. The van der Waals surface area contributed by atoms with Crippen molar-refractivity contribution in [1.29, 1.82) is 0 Å². The predicted octanol–water partition coefficient (Wildman–Crippen LogP) is 7.01. The lowest BCUT2D eigenvalue weighted by Crippen LogP contribution is -2.44. The predicted molar refractivity (Wildman–Crippen MR) is 165 cm³/mol. The van der Waals surface area contributed by atoms with E-state index in [4.69, 9.17) is 0 Å². The van der Waals surface area contributed by atoms with Crippen LogP contribution in [-0.2, 0) is 23.8 Å². The number of nitrogens with zero attached hydrogens (tertiary/aromatic N) is 1. The topological polar surface area (TPSA) is 59.6 Å². The van der Waals surface area contributed by atoms with Crippen molar-refractivity contribution in [3.63, 3.8) is 0 Å². The van der Waals surface area contributed by atoms with Crippen molar-refractivity contribution in [2.24, 2.45) is 5.92 Å². The van der Waals surface area contributed by atoms with Crippen molar-refractivity contribution >= 4 is 11.4 Å². The smallest absolute Gasteiger partial charge is 0.123 e. The summed E-state index contributed by atoms with van der Waals surface area (Å²) < 4.78 is 0. The summed E-state index contributed by atoms with van der Waals surface area (Å²) in [4.78, 5) is 0. The van der Waals surface area contributed by atoms with Crippen LogP contribution in [0, 0.1) is 5.92 Å². The van der Waals surface area contributed by atoms with E-state index in [1.54, 1.807) is 0 Å². The number of nitrogens with one attached hydrogen (secondary N) is 3. The Kier molecular flexibility index (Phi) is 6.45. The second-order valence-corrected chi connectivity index (χ2v) is 13.7. The van der Waals surface area contributed by atoms with Crippen LogP contribution in [0.2, 0.25) is 0 Å². The number of hydrogen-bond donors (Lipinski definition) is 4. The summed E-state index contributed by atoms with van der Waals surface area (Å²) in [6, 6.07) is 22.2. The van der Waals surface area contributed by atoms with Crippen molar-refractivity contribution in [2.45, 2.75) is 76.9 Å². The molecule has 3 aromatic rings. The van der Waals surface area contributed by atoms with Gasteiger partial charge in [0.2, 0.25) is 0 Å². The molecular formula is C35H42N4O. The van der Waals surface area contributed by atoms with Gasteiger partial charge in [0, 0.05) is 23.8 Å². The fourth-order valence-corrected chi connectivity index (χ4v) is 6.25. The molecule has 0 bridgehead atoms. The van der Waals surface area contributed by atoms with Crippen molar-refractivity contribution < 1.29 is 5.11 Å². The average Bonchev–Trinajstić information content (AvgIpc) is 3.44. The quantitative estimate of drug-likeness (QED) is 0.274. The first-order valence-electron chi connectivity index (χ1n) is 14.4. The second kappa shape index (κ2) is 9.62. The van der Waals surface area contributed by atoms with Gasteiger partial charge in [0.05, 0.1) is 11.6 Å². The minimum Gasteiger partial charge on any atom is -0.507 e. The molecule has 40 heavy (non-hydrogen) atoms. The highest BCUT2D eigenvalue weighted by Gasteiger charge is 2.68. The molecule has 1 aliphatic heterocycles. The minimum absolute atomic E-state index is 0.0778. The molecule has 3 atom stereocenters. The van der Waals surface area contributed by atoms with Crippen molar-refractivity contribution in [3.05, 3.63) is 113 Å². The van der Waals surface area contributed by atoms with Gasteiger partial charge in [-0.05, 0) is 69.3 Å². The third-order valence-corrected chi connectivity index (χ3v) is 8.57. The van der Waals surface area contributed by atoms with Gasteiger partial charge in [-0.1, -0.05) is 102 Å². The molecule has 1 saturated heterocycles. The molecule has 6 rings (SSSR count). The first-order valence-corrected chi connectivity index (χ1v) is 14.4. The lowest BCUT2D eigenvalue weighted by molar-refractivity contribution is 0.170. The first kappa shape index (κ1) is 26.8. The van der Waals surface area contributed by atoms with Crippen LogP contribution in [0.3, 0.4) is 0 Å². The SMILES string of the molecule is CC(C)(C)c1cc(Cc2ccc(Nc3ccc(CN4NNC56C=CC=CC5C46)cc3)cc2)cc(C(C)(C)C)c1O. The van der Waals surface area contributed by atoms with Crippen LogP contribution in [0.1, 0.15) is 69.4 Å². The van der Waals surface area contributed by atoms with Gasteiger partial charge in [-0.2, -0.15) is 5.53 Å².